The summed E-state index contributed by atoms with van der Waals surface area (Å²) in [5.41, 5.74) is 12.8. The van der Waals surface area contributed by atoms with Gasteiger partial charge < -0.3 is 60.9 Å². The number of rotatable bonds is 25. The van der Waals surface area contributed by atoms with Crippen LogP contribution in [0.1, 0.15) is 68.2 Å². The Balaban J connectivity index is 0.000000811. The van der Waals surface area contributed by atoms with E-state index < -0.39 is 65.1 Å². The minimum Gasteiger partial charge on any atom is -1.00 e. The first-order valence-electron chi connectivity index (χ1n) is 34.2. The van der Waals surface area contributed by atoms with E-state index >= 15 is 0 Å². The van der Waals surface area contributed by atoms with E-state index in [-0.39, 0.29) is 119 Å². The van der Waals surface area contributed by atoms with E-state index in [2.05, 4.69) is 49.8 Å². The van der Waals surface area contributed by atoms with E-state index in [0.29, 0.717) is 92.3 Å². The van der Waals surface area contributed by atoms with Gasteiger partial charge in [0, 0.05) is 79.6 Å². The monoisotopic (exact) mass is 1820 g/mol. The number of aldehydes is 1. The van der Waals surface area contributed by atoms with Crippen LogP contribution in [0.15, 0.2) is 225 Å². The molecule has 0 saturated carbocycles. The molecule has 0 fully saturated rings. The number of halogens is 6. The van der Waals surface area contributed by atoms with E-state index in [4.69, 9.17) is 56.3 Å². The number of furan rings is 2. The van der Waals surface area contributed by atoms with Crippen molar-refractivity contribution in [2.75, 3.05) is 47.7 Å². The van der Waals surface area contributed by atoms with Crippen molar-refractivity contribution in [3.63, 3.8) is 0 Å². The third kappa shape index (κ3) is 37.6. The second kappa shape index (κ2) is 50.8. The molecule has 0 amide bonds. The number of aryl methyl sites for hydroxylation is 2. The first-order valence-corrected chi connectivity index (χ1v) is 41.9. The fourth-order valence-electron chi connectivity index (χ4n) is 9.64. The third-order valence-electron chi connectivity index (χ3n) is 15.1. The van der Waals surface area contributed by atoms with Crippen molar-refractivity contribution < 1.29 is 144 Å². The number of fused-ring (bicyclic) bond motifs is 2. The van der Waals surface area contributed by atoms with Crippen LogP contribution in [-0.2, 0) is 88.0 Å². The number of nitrogens with zero attached hydrogens (tertiary/aromatic N) is 4. The molecule has 4 aromatic heterocycles. The molecule has 42 heteroatoms. The van der Waals surface area contributed by atoms with Gasteiger partial charge in [0.05, 0.1) is 48.9 Å². The molecule has 12 aromatic rings. The Morgan fingerprint density at radius 1 is 0.554 bits per heavy atom. The number of hydrogen-bond acceptors (Lipinski definition) is 27. The molecular formula is C79H86BCl3F3N8NaO22S4. The molecule has 4 heterocycles. The van der Waals surface area contributed by atoms with Gasteiger partial charge >= 0.3 is 36.9 Å². The van der Waals surface area contributed by atoms with Crippen LogP contribution in [0.3, 0.4) is 0 Å². The molecule has 0 spiro atoms. The number of carbonyl (C=O) groups is 4. The van der Waals surface area contributed by atoms with Gasteiger partial charge in [0.25, 0.3) is 38.1 Å². The van der Waals surface area contributed by atoms with Crippen molar-refractivity contribution in [1.29, 1.82) is 0 Å². The fourth-order valence-corrected chi connectivity index (χ4v) is 12.0. The van der Waals surface area contributed by atoms with Crippen molar-refractivity contribution >= 4 is 152 Å². The number of ether oxygens (including phenoxy) is 2. The van der Waals surface area contributed by atoms with Gasteiger partial charge in [0.2, 0.25) is 0 Å². The zero-order valence-corrected chi connectivity index (χ0v) is 72.8. The van der Waals surface area contributed by atoms with Crippen LogP contribution in [-0.4, -0.2) is 137 Å². The summed E-state index contributed by atoms with van der Waals surface area (Å²) in [5, 5.41) is 12.0. The number of carbonyl (C=O) groups excluding carboxylic acids is 4. The van der Waals surface area contributed by atoms with Crippen LogP contribution in [0.4, 0.5) is 36.5 Å². The maximum absolute atomic E-state index is 13.4. The molecule has 0 saturated heterocycles. The van der Waals surface area contributed by atoms with Crippen molar-refractivity contribution in [2.45, 2.75) is 71.6 Å². The number of benzene rings is 8. The van der Waals surface area contributed by atoms with Crippen LogP contribution in [0, 0.1) is 25.5 Å². The number of nitrogens with one attached hydrogen (secondary N) is 3. The van der Waals surface area contributed by atoms with Gasteiger partial charge in [0.1, 0.15) is 97.6 Å². The van der Waals surface area contributed by atoms with E-state index in [1.165, 1.54) is 73.7 Å². The minimum atomic E-state index is -4.02. The average molecular weight is 1830 g/mol. The molecule has 0 radical (unpaired) electrons. The average Bonchev–Trinajstić information content (AvgIpc) is 1.29. The summed E-state index contributed by atoms with van der Waals surface area (Å²) in [6, 6.07) is 53.4. The topological polar surface area (TPSA) is 463 Å². The third-order valence-corrected chi connectivity index (χ3v) is 19.3. The van der Waals surface area contributed by atoms with E-state index in [9.17, 15) is 61.6 Å². The van der Waals surface area contributed by atoms with Crippen LogP contribution >= 0.6 is 35.6 Å². The molecule has 121 heavy (non-hydrogen) atoms. The zero-order chi connectivity index (χ0) is 84.9. The number of anilines is 4. The zero-order valence-electron chi connectivity index (χ0n) is 66.2. The molecule has 0 atom stereocenters. The second-order valence-electron chi connectivity index (χ2n) is 24.8. The Morgan fingerprint density at radius 3 is 1.31 bits per heavy atom. The summed E-state index contributed by atoms with van der Waals surface area (Å²) in [5.74, 6) is 1.69. The smallest absolute Gasteiger partial charge is 1.00 e. The fraction of sp³-hybridized carbons (Fsp3) is 0.190. The molecule has 0 bridgehead atoms. The van der Waals surface area contributed by atoms with E-state index in [1.54, 1.807) is 84.9 Å². The van der Waals surface area contributed by atoms with Crippen LogP contribution < -0.4 is 60.7 Å². The van der Waals surface area contributed by atoms with E-state index in [0.717, 1.165) is 64.8 Å². The molecule has 12 rings (SSSR count). The van der Waals surface area contributed by atoms with Crippen molar-refractivity contribution in [2.24, 2.45) is 5.73 Å². The standard InChI is InChI=1S/C29H26ClFN4O4S.C26H17ClFN3O3.2C7H8O3S.C6H9BO6.C3H9NO2S.CH4.ClH.FH.Na.H2O.H/c1-40(36,37)12-11-32-16-23-7-10-27(39-23)20-5-8-26-24(14-20)29(34-18-33-26)35-22-6-9-28(25(30)15-22)38-17-19-3-2-4-21(31)13-19;27-22-12-19(5-8-25(22)33-14-16-2-1-3-18(28)10-16)31-26-21-11-17(4-7-23(21)29-15-30-26)24-9-6-20(13-32)34-24;2*1-6-2-4-7(5-3-6)11(8,9)10;1-4(8)11-7(12-5(2)9)13-6(3)10;1-7(5,6)3-2-4;;;;;;/h2-10,13-15,18,32H,11-12,16-17H2,1H3,(H,33,34,35);1-13,15H,14H2,(H,29,30,31);2*2-5H,1H3,(H,8,9,10);1-3H3;2-4H2,1H3;1H4;2*1H;;1H2;/q;;;;;;;;;+1;;-1. The van der Waals surface area contributed by atoms with Gasteiger partial charge in [-0.3, -0.25) is 33.0 Å². The van der Waals surface area contributed by atoms with Gasteiger partial charge in [-0.2, -0.15) is 16.8 Å². The summed E-state index contributed by atoms with van der Waals surface area (Å²) < 4.78 is 165. The molecule has 9 N–H and O–H groups in total. The molecule has 0 aliphatic carbocycles. The molecule has 0 unspecified atom stereocenters. The van der Waals surface area contributed by atoms with Gasteiger partial charge in [0.15, 0.2) is 12.0 Å². The van der Waals surface area contributed by atoms with Crippen LogP contribution in [0.5, 0.6) is 11.5 Å². The maximum atomic E-state index is 13.4. The molecule has 644 valence electrons. The van der Waals surface area contributed by atoms with Crippen LogP contribution in [0.25, 0.3) is 44.5 Å². The van der Waals surface area contributed by atoms with Gasteiger partial charge in [-0.05, 0) is 171 Å². The summed E-state index contributed by atoms with van der Waals surface area (Å²) >= 11 is 12.9. The summed E-state index contributed by atoms with van der Waals surface area (Å²) in [6.07, 6.45) is 5.99. The second-order valence-corrected chi connectivity index (χ2v) is 33.0. The quantitative estimate of drug-likeness (QED) is 0.0134. The Morgan fingerprint density at radius 2 is 0.959 bits per heavy atom. The molecular weight excluding hydrogens is 1740 g/mol. The van der Waals surface area contributed by atoms with Crippen molar-refractivity contribution in [1.82, 2.24) is 25.3 Å². The first-order chi connectivity index (χ1) is 54.8. The predicted octanol–water partition coefficient (Wildman–Crippen LogP) is 11.6. The maximum Gasteiger partial charge on any atom is 1.00 e. The van der Waals surface area contributed by atoms with Crippen molar-refractivity contribution in [3.8, 4) is 34.1 Å². The van der Waals surface area contributed by atoms with Crippen molar-refractivity contribution in [3.05, 3.63) is 262 Å². The first kappa shape index (κ1) is 107. The van der Waals surface area contributed by atoms with E-state index in [1.807, 2.05) is 74.5 Å². The van der Waals surface area contributed by atoms with Gasteiger partial charge in [-0.15, -0.1) is 12.4 Å². The number of nitrogens with two attached hydrogens (primary N) is 1. The molecule has 0 aliphatic rings. The molecule has 8 aromatic carbocycles. The SMILES string of the molecule is C.CC(=O)OB(OC(C)=O)OC(C)=O.CS(=O)(=O)CCN.CS(=O)(=O)CCNCc1ccc(-c2ccc3ncnc(Nc4ccc(OCc5cccc(F)c5)c(Cl)c4)c3c2)o1.Cc1ccc(S(=O)(=O)O)cc1.Cc1ccc(S(=O)(=O)O)cc1.Cl.F.O.O=Cc1ccc(-c2ccc3ncnc(Nc4ccc(OCc5cccc(F)c5)c(Cl)c4)c3c2)o1.[H-].[Na+]. The summed E-state index contributed by atoms with van der Waals surface area (Å²) in [7, 11) is -15.4. The number of hydrogen-bond donors (Lipinski definition) is 6. The summed E-state index contributed by atoms with van der Waals surface area (Å²) in [6.45, 7) is 8.35. The van der Waals surface area contributed by atoms with Gasteiger partial charge in [-0.1, -0.05) is 90.3 Å². The number of sulfone groups is 2. The van der Waals surface area contributed by atoms with Crippen LogP contribution in [0.2, 0.25) is 10.0 Å². The summed E-state index contributed by atoms with van der Waals surface area (Å²) in [4.78, 5) is 59.5. The predicted molar refractivity (Wildman–Crippen MR) is 455 cm³/mol. The number of aromatic nitrogens is 4. The largest absolute Gasteiger partial charge is 1.00 e. The minimum absolute atomic E-state index is 0. The Hall–Kier alpha value is -10.4. The van der Waals surface area contributed by atoms with Gasteiger partial charge in [-0.25, -0.2) is 45.6 Å². The Kier molecular flexibility index (Phi) is 44.7. The molecule has 0 aliphatic heterocycles. The Bertz CT molecular complexity index is 5800. The normalized spacial score (nSPS) is 10.6. The molecule has 30 nitrogen and oxygen atoms in total. The Labute approximate surface area is 737 Å².